The number of amides is 1. The summed E-state index contributed by atoms with van der Waals surface area (Å²) in [6.45, 7) is 7.16. The molecule has 1 aliphatic rings. The van der Waals surface area contributed by atoms with Crippen LogP contribution in [0.1, 0.15) is 50.3 Å². The van der Waals surface area contributed by atoms with Crippen LogP contribution in [0.4, 0.5) is 0 Å². The summed E-state index contributed by atoms with van der Waals surface area (Å²) in [7, 11) is 0. The molecule has 0 saturated carbocycles. The molecule has 1 heterocycles. The normalized spacial score (nSPS) is 24.2. The Morgan fingerprint density at radius 3 is 2.79 bits per heavy atom. The molecule has 0 aromatic heterocycles. The lowest BCUT2D eigenvalue weighted by Crippen LogP contribution is -2.53. The Bertz CT molecular complexity index is 450. The van der Waals surface area contributed by atoms with Crippen LogP contribution < -0.4 is 10.6 Å². The molecular formula is C16H24N2O. The molecule has 0 bridgehead atoms. The third-order valence-electron chi connectivity index (χ3n) is 4.28. The van der Waals surface area contributed by atoms with E-state index < -0.39 is 0 Å². The minimum Gasteiger partial charge on any atom is -0.348 e. The molecule has 1 amide bonds. The van der Waals surface area contributed by atoms with Gasteiger partial charge in [0.2, 0.25) is 5.91 Å². The van der Waals surface area contributed by atoms with Gasteiger partial charge < -0.3 is 10.6 Å². The predicted octanol–water partition coefficient (Wildman–Crippen LogP) is 2.70. The standard InChI is InChI=1S/C16H24N2O/c1-4-16(10-7-11-17-16)15(19)18-13(3)14-9-6-5-8-12(14)2/h5-6,8-9,13,17H,4,7,10-11H2,1-3H3,(H,18,19)/t13-,16?/m0/s1. The van der Waals surface area contributed by atoms with E-state index in [-0.39, 0.29) is 17.5 Å². The Hall–Kier alpha value is -1.35. The summed E-state index contributed by atoms with van der Waals surface area (Å²) in [5.41, 5.74) is 2.07. The Labute approximate surface area is 115 Å². The van der Waals surface area contributed by atoms with Gasteiger partial charge in [-0.3, -0.25) is 4.79 Å². The molecule has 1 fully saturated rings. The number of hydrogen-bond donors (Lipinski definition) is 2. The van der Waals surface area contributed by atoms with E-state index in [0.717, 1.165) is 25.8 Å². The van der Waals surface area contributed by atoms with E-state index in [2.05, 4.69) is 43.5 Å². The number of rotatable bonds is 4. The van der Waals surface area contributed by atoms with E-state index in [1.807, 2.05) is 12.1 Å². The van der Waals surface area contributed by atoms with Gasteiger partial charge in [0.25, 0.3) is 0 Å². The third-order valence-corrected chi connectivity index (χ3v) is 4.28. The average Bonchev–Trinajstić information content (AvgIpc) is 2.89. The highest BCUT2D eigenvalue weighted by Gasteiger charge is 2.39. The van der Waals surface area contributed by atoms with Crippen molar-refractivity contribution >= 4 is 5.91 Å². The molecule has 1 unspecified atom stereocenters. The highest BCUT2D eigenvalue weighted by molar-refractivity contribution is 5.87. The lowest BCUT2D eigenvalue weighted by Gasteiger charge is -2.29. The molecule has 1 aromatic rings. The molecule has 3 heteroatoms. The molecule has 0 radical (unpaired) electrons. The molecule has 3 nitrogen and oxygen atoms in total. The number of carbonyl (C=O) groups excluding carboxylic acids is 1. The van der Waals surface area contributed by atoms with Crippen molar-refractivity contribution in [3.63, 3.8) is 0 Å². The lowest BCUT2D eigenvalue weighted by molar-refractivity contribution is -0.128. The molecule has 19 heavy (non-hydrogen) atoms. The summed E-state index contributed by atoms with van der Waals surface area (Å²) in [5.74, 6) is 0.142. The maximum atomic E-state index is 12.5. The van der Waals surface area contributed by atoms with Crippen LogP contribution >= 0.6 is 0 Å². The number of aryl methyl sites for hydroxylation is 1. The largest absolute Gasteiger partial charge is 0.348 e. The van der Waals surface area contributed by atoms with Crippen molar-refractivity contribution in [3.05, 3.63) is 35.4 Å². The number of nitrogens with one attached hydrogen (secondary N) is 2. The minimum absolute atomic E-state index is 0.0551. The Balaban J connectivity index is 2.08. The SMILES string of the molecule is CCC1(C(=O)N[C@@H](C)c2ccccc2C)CCCN1. The molecule has 2 atom stereocenters. The number of hydrogen-bond acceptors (Lipinski definition) is 2. The monoisotopic (exact) mass is 260 g/mol. The van der Waals surface area contributed by atoms with Crippen molar-refractivity contribution in [1.82, 2.24) is 10.6 Å². The van der Waals surface area contributed by atoms with Crippen LogP contribution in [0.3, 0.4) is 0 Å². The molecule has 2 rings (SSSR count). The fourth-order valence-corrected chi connectivity index (χ4v) is 2.95. The zero-order valence-electron chi connectivity index (χ0n) is 12.1. The zero-order valence-corrected chi connectivity index (χ0v) is 12.1. The van der Waals surface area contributed by atoms with Crippen molar-refractivity contribution in [3.8, 4) is 0 Å². The molecular weight excluding hydrogens is 236 g/mol. The van der Waals surface area contributed by atoms with Crippen molar-refractivity contribution in [2.24, 2.45) is 0 Å². The highest BCUT2D eigenvalue weighted by Crippen LogP contribution is 2.25. The quantitative estimate of drug-likeness (QED) is 0.874. The van der Waals surface area contributed by atoms with Gasteiger partial charge >= 0.3 is 0 Å². The second kappa shape index (κ2) is 5.74. The average molecular weight is 260 g/mol. The maximum Gasteiger partial charge on any atom is 0.240 e. The van der Waals surface area contributed by atoms with Crippen LogP contribution in [-0.4, -0.2) is 18.0 Å². The van der Waals surface area contributed by atoms with Crippen LogP contribution in [-0.2, 0) is 4.79 Å². The maximum absolute atomic E-state index is 12.5. The molecule has 1 aliphatic heterocycles. The predicted molar refractivity (Wildman–Crippen MR) is 78.0 cm³/mol. The summed E-state index contributed by atoms with van der Waals surface area (Å²) in [6, 6.07) is 8.27. The summed E-state index contributed by atoms with van der Waals surface area (Å²) in [4.78, 5) is 12.5. The zero-order chi connectivity index (χ0) is 13.9. The van der Waals surface area contributed by atoms with E-state index in [1.165, 1.54) is 11.1 Å². The van der Waals surface area contributed by atoms with Gasteiger partial charge in [-0.2, -0.15) is 0 Å². The van der Waals surface area contributed by atoms with Crippen LogP contribution in [0, 0.1) is 6.92 Å². The van der Waals surface area contributed by atoms with Gasteiger partial charge in [0.15, 0.2) is 0 Å². The van der Waals surface area contributed by atoms with E-state index >= 15 is 0 Å². The Morgan fingerprint density at radius 2 is 2.21 bits per heavy atom. The van der Waals surface area contributed by atoms with Gasteiger partial charge in [-0.15, -0.1) is 0 Å². The molecule has 104 valence electrons. The van der Waals surface area contributed by atoms with E-state index in [0.29, 0.717) is 0 Å². The van der Waals surface area contributed by atoms with Gasteiger partial charge in [0, 0.05) is 0 Å². The van der Waals surface area contributed by atoms with Crippen LogP contribution in [0.25, 0.3) is 0 Å². The summed E-state index contributed by atoms with van der Waals surface area (Å²) >= 11 is 0. The molecule has 2 N–H and O–H groups in total. The number of carbonyl (C=O) groups is 1. The van der Waals surface area contributed by atoms with Gasteiger partial charge in [-0.25, -0.2) is 0 Å². The first-order chi connectivity index (χ1) is 9.09. The topological polar surface area (TPSA) is 41.1 Å². The number of benzene rings is 1. The smallest absolute Gasteiger partial charge is 0.240 e. The van der Waals surface area contributed by atoms with Crippen molar-refractivity contribution < 1.29 is 4.79 Å². The van der Waals surface area contributed by atoms with E-state index in [9.17, 15) is 4.79 Å². The first-order valence-electron chi connectivity index (χ1n) is 7.20. The highest BCUT2D eigenvalue weighted by atomic mass is 16.2. The van der Waals surface area contributed by atoms with Crippen LogP contribution in [0.15, 0.2) is 24.3 Å². The van der Waals surface area contributed by atoms with Gasteiger partial charge in [0.1, 0.15) is 0 Å². The van der Waals surface area contributed by atoms with E-state index in [1.54, 1.807) is 0 Å². The minimum atomic E-state index is -0.350. The Kier molecular flexibility index (Phi) is 4.25. The Morgan fingerprint density at radius 1 is 1.47 bits per heavy atom. The first-order valence-corrected chi connectivity index (χ1v) is 7.20. The van der Waals surface area contributed by atoms with Crippen LogP contribution in [0.2, 0.25) is 0 Å². The lowest BCUT2D eigenvalue weighted by atomic mass is 9.92. The second-order valence-electron chi connectivity index (χ2n) is 5.52. The first kappa shape index (κ1) is 14.1. The molecule has 1 aromatic carbocycles. The molecule has 1 saturated heterocycles. The fraction of sp³-hybridized carbons (Fsp3) is 0.562. The fourth-order valence-electron chi connectivity index (χ4n) is 2.95. The molecule has 0 spiro atoms. The molecule has 0 aliphatic carbocycles. The summed E-state index contributed by atoms with van der Waals surface area (Å²) < 4.78 is 0. The summed E-state index contributed by atoms with van der Waals surface area (Å²) in [6.07, 6.45) is 2.87. The van der Waals surface area contributed by atoms with Crippen molar-refractivity contribution in [1.29, 1.82) is 0 Å². The van der Waals surface area contributed by atoms with Gasteiger partial charge in [-0.1, -0.05) is 31.2 Å². The van der Waals surface area contributed by atoms with Gasteiger partial charge in [-0.05, 0) is 50.8 Å². The van der Waals surface area contributed by atoms with Crippen LogP contribution in [0.5, 0.6) is 0 Å². The van der Waals surface area contributed by atoms with Crippen molar-refractivity contribution in [2.75, 3.05) is 6.54 Å². The second-order valence-corrected chi connectivity index (χ2v) is 5.52. The third kappa shape index (κ3) is 2.81. The van der Waals surface area contributed by atoms with E-state index in [4.69, 9.17) is 0 Å². The van der Waals surface area contributed by atoms with Crippen molar-refractivity contribution in [2.45, 2.75) is 51.6 Å². The summed E-state index contributed by atoms with van der Waals surface area (Å²) in [5, 5.41) is 6.55. The van der Waals surface area contributed by atoms with Gasteiger partial charge in [0.05, 0.1) is 11.6 Å².